The van der Waals surface area contributed by atoms with E-state index in [1.165, 1.54) is 4.90 Å². The zero-order valence-corrected chi connectivity index (χ0v) is 16.8. The normalized spacial score (nSPS) is 19.4. The molecular weight excluding hydrogens is 455 g/mol. The first kappa shape index (κ1) is 18.2. The standard InChI is InChI=1S/C21H19IN2O3/c22-16-8-10-17(11-9-16)24-19(25)12-18(21(24)27)23(20(26)15-6-7-15)13-14-4-2-1-3-5-14/h1-5,8-11,15,18H,6-7,12-13H2. The lowest BCUT2D eigenvalue weighted by Gasteiger charge is -2.28. The summed E-state index contributed by atoms with van der Waals surface area (Å²) in [5, 5.41) is 0. The van der Waals surface area contributed by atoms with Crippen molar-refractivity contribution in [1.82, 2.24) is 4.90 Å². The number of hydrogen-bond acceptors (Lipinski definition) is 3. The fourth-order valence-electron chi connectivity index (χ4n) is 3.41. The van der Waals surface area contributed by atoms with Crippen molar-refractivity contribution in [3.05, 3.63) is 63.7 Å². The Morgan fingerprint density at radius 1 is 1.04 bits per heavy atom. The van der Waals surface area contributed by atoms with Gasteiger partial charge in [-0.25, -0.2) is 4.90 Å². The first-order chi connectivity index (χ1) is 13.0. The molecule has 0 radical (unpaired) electrons. The molecule has 6 heteroatoms. The van der Waals surface area contributed by atoms with Crippen molar-refractivity contribution in [2.45, 2.75) is 31.8 Å². The van der Waals surface area contributed by atoms with Crippen molar-refractivity contribution in [2.75, 3.05) is 4.90 Å². The van der Waals surface area contributed by atoms with Gasteiger partial charge < -0.3 is 4.90 Å². The number of imide groups is 1. The molecule has 27 heavy (non-hydrogen) atoms. The molecule has 0 N–H and O–H groups in total. The van der Waals surface area contributed by atoms with Crippen molar-refractivity contribution < 1.29 is 14.4 Å². The zero-order valence-electron chi connectivity index (χ0n) is 14.7. The number of benzene rings is 2. The lowest BCUT2D eigenvalue weighted by Crippen LogP contribution is -2.45. The van der Waals surface area contributed by atoms with Crippen molar-refractivity contribution in [3.8, 4) is 0 Å². The lowest BCUT2D eigenvalue weighted by molar-refractivity contribution is -0.140. The van der Waals surface area contributed by atoms with Crippen LogP contribution in [0.3, 0.4) is 0 Å². The van der Waals surface area contributed by atoms with Gasteiger partial charge in [0.15, 0.2) is 0 Å². The van der Waals surface area contributed by atoms with Gasteiger partial charge in [0.2, 0.25) is 11.8 Å². The summed E-state index contributed by atoms with van der Waals surface area (Å²) in [4.78, 5) is 41.4. The number of anilines is 1. The van der Waals surface area contributed by atoms with E-state index in [4.69, 9.17) is 0 Å². The average Bonchev–Trinajstić information content (AvgIpc) is 3.47. The van der Waals surface area contributed by atoms with Crippen LogP contribution in [0.25, 0.3) is 0 Å². The summed E-state index contributed by atoms with van der Waals surface area (Å²) in [5.41, 5.74) is 1.52. The van der Waals surface area contributed by atoms with Crippen molar-refractivity contribution in [3.63, 3.8) is 0 Å². The van der Waals surface area contributed by atoms with Crippen LogP contribution >= 0.6 is 22.6 Å². The smallest absolute Gasteiger partial charge is 0.257 e. The van der Waals surface area contributed by atoms with Gasteiger partial charge in [0.05, 0.1) is 12.1 Å². The minimum Gasteiger partial charge on any atom is -0.326 e. The van der Waals surface area contributed by atoms with E-state index >= 15 is 0 Å². The van der Waals surface area contributed by atoms with Gasteiger partial charge in [-0.15, -0.1) is 0 Å². The molecule has 3 amide bonds. The van der Waals surface area contributed by atoms with Gasteiger partial charge in [0.25, 0.3) is 5.91 Å². The molecule has 0 bridgehead atoms. The Morgan fingerprint density at radius 3 is 2.33 bits per heavy atom. The van der Waals surface area contributed by atoms with Crippen LogP contribution in [0.2, 0.25) is 0 Å². The van der Waals surface area contributed by atoms with E-state index in [0.717, 1.165) is 22.0 Å². The van der Waals surface area contributed by atoms with Crippen LogP contribution in [0.1, 0.15) is 24.8 Å². The SMILES string of the molecule is O=C1CC(N(Cc2ccccc2)C(=O)C2CC2)C(=O)N1c1ccc(I)cc1. The van der Waals surface area contributed by atoms with E-state index in [-0.39, 0.29) is 30.1 Å². The average molecular weight is 474 g/mol. The van der Waals surface area contributed by atoms with Gasteiger partial charge in [-0.2, -0.15) is 0 Å². The highest BCUT2D eigenvalue weighted by atomic mass is 127. The summed E-state index contributed by atoms with van der Waals surface area (Å²) in [7, 11) is 0. The van der Waals surface area contributed by atoms with Gasteiger partial charge in [-0.3, -0.25) is 14.4 Å². The Kier molecular flexibility index (Phi) is 4.99. The second-order valence-electron chi connectivity index (χ2n) is 6.99. The van der Waals surface area contributed by atoms with E-state index < -0.39 is 6.04 Å². The molecule has 2 fully saturated rings. The largest absolute Gasteiger partial charge is 0.326 e. The molecule has 1 unspecified atom stereocenters. The van der Waals surface area contributed by atoms with Crippen LogP contribution < -0.4 is 4.90 Å². The van der Waals surface area contributed by atoms with Crippen LogP contribution in [0.5, 0.6) is 0 Å². The van der Waals surface area contributed by atoms with E-state index in [2.05, 4.69) is 22.6 Å². The number of rotatable bonds is 5. The third-order valence-electron chi connectivity index (χ3n) is 4.99. The topological polar surface area (TPSA) is 57.7 Å². The van der Waals surface area contributed by atoms with Crippen LogP contribution in [-0.4, -0.2) is 28.7 Å². The van der Waals surface area contributed by atoms with Gasteiger partial charge >= 0.3 is 0 Å². The van der Waals surface area contributed by atoms with Crippen molar-refractivity contribution in [1.29, 1.82) is 0 Å². The molecule has 1 saturated heterocycles. The summed E-state index contributed by atoms with van der Waals surface area (Å²) in [6, 6.07) is 16.1. The predicted octanol–water partition coefficient (Wildman–Crippen LogP) is 3.36. The Bertz CT molecular complexity index is 878. The Balaban J connectivity index is 1.61. The monoisotopic (exact) mass is 474 g/mol. The maximum absolute atomic E-state index is 13.1. The molecule has 5 nitrogen and oxygen atoms in total. The van der Waals surface area contributed by atoms with Crippen LogP contribution in [0, 0.1) is 9.49 Å². The summed E-state index contributed by atoms with van der Waals surface area (Å²) in [5.74, 6) is -0.600. The Hall–Kier alpha value is -2.22. The van der Waals surface area contributed by atoms with E-state index in [1.807, 2.05) is 42.5 Å². The summed E-state index contributed by atoms with van der Waals surface area (Å²) in [6.45, 7) is 0.348. The predicted molar refractivity (Wildman–Crippen MR) is 110 cm³/mol. The van der Waals surface area contributed by atoms with Crippen molar-refractivity contribution in [2.24, 2.45) is 5.92 Å². The molecule has 0 spiro atoms. The number of nitrogens with zero attached hydrogens (tertiary/aromatic N) is 2. The minimum absolute atomic E-state index is 0.0102. The van der Waals surface area contributed by atoms with Crippen molar-refractivity contribution >= 4 is 46.0 Å². The first-order valence-electron chi connectivity index (χ1n) is 9.01. The summed E-state index contributed by atoms with van der Waals surface area (Å²) < 4.78 is 1.03. The lowest BCUT2D eigenvalue weighted by atomic mass is 10.1. The van der Waals surface area contributed by atoms with Gasteiger partial charge in [0.1, 0.15) is 6.04 Å². The molecule has 138 valence electrons. The second kappa shape index (κ2) is 7.42. The number of hydrogen-bond donors (Lipinski definition) is 0. The van der Waals surface area contributed by atoms with Crippen LogP contribution in [0.15, 0.2) is 54.6 Å². The molecule has 1 aliphatic carbocycles. The Labute approximate surface area is 171 Å². The highest BCUT2D eigenvalue weighted by Crippen LogP contribution is 2.34. The fourth-order valence-corrected chi connectivity index (χ4v) is 3.77. The molecule has 1 heterocycles. The molecule has 1 aliphatic heterocycles. The summed E-state index contributed by atoms with van der Waals surface area (Å²) >= 11 is 2.18. The molecule has 2 aromatic carbocycles. The maximum Gasteiger partial charge on any atom is 0.257 e. The van der Waals surface area contributed by atoms with Gasteiger partial charge in [-0.05, 0) is 65.3 Å². The third kappa shape index (κ3) is 3.76. The van der Waals surface area contributed by atoms with E-state index in [9.17, 15) is 14.4 Å². The maximum atomic E-state index is 13.1. The van der Waals surface area contributed by atoms with Gasteiger partial charge in [0, 0.05) is 16.0 Å². The second-order valence-corrected chi connectivity index (χ2v) is 8.24. The molecule has 4 rings (SSSR count). The number of carbonyl (C=O) groups is 3. The Morgan fingerprint density at radius 2 is 1.70 bits per heavy atom. The molecule has 1 atom stereocenters. The van der Waals surface area contributed by atoms with E-state index in [0.29, 0.717) is 12.2 Å². The number of carbonyl (C=O) groups excluding carboxylic acids is 3. The quantitative estimate of drug-likeness (QED) is 0.494. The van der Waals surface area contributed by atoms with Gasteiger partial charge in [-0.1, -0.05) is 30.3 Å². The molecule has 2 aromatic rings. The highest BCUT2D eigenvalue weighted by Gasteiger charge is 2.46. The fraction of sp³-hybridized carbons (Fsp3) is 0.286. The molecule has 1 saturated carbocycles. The van der Waals surface area contributed by atoms with Crippen LogP contribution in [-0.2, 0) is 20.9 Å². The number of amides is 3. The first-order valence-corrected chi connectivity index (χ1v) is 10.1. The van der Waals surface area contributed by atoms with E-state index in [1.54, 1.807) is 17.0 Å². The third-order valence-corrected chi connectivity index (χ3v) is 5.71. The van der Waals surface area contributed by atoms with Crippen LogP contribution in [0.4, 0.5) is 5.69 Å². The summed E-state index contributed by atoms with van der Waals surface area (Å²) in [6.07, 6.45) is 1.76. The molecule has 0 aromatic heterocycles. The zero-order chi connectivity index (χ0) is 19.0. The molecule has 2 aliphatic rings. The molecular formula is C21H19IN2O3. The minimum atomic E-state index is -0.731. The number of halogens is 1. The highest BCUT2D eigenvalue weighted by molar-refractivity contribution is 14.1.